The number of aryl methyl sites for hydroxylation is 1. The molecule has 4 heteroatoms. The predicted octanol–water partition coefficient (Wildman–Crippen LogP) is 2.85. The maximum Gasteiger partial charge on any atom is 0.230 e. The van der Waals surface area contributed by atoms with Crippen molar-refractivity contribution < 1.29 is 9.18 Å². The molecule has 1 aliphatic heterocycles. The van der Waals surface area contributed by atoms with E-state index in [9.17, 15) is 9.18 Å². The minimum atomic E-state index is -0.367. The van der Waals surface area contributed by atoms with Gasteiger partial charge in [0.25, 0.3) is 0 Å². The molecule has 0 unspecified atom stereocenters. The molecule has 1 aromatic carbocycles. The zero-order chi connectivity index (χ0) is 13.9. The van der Waals surface area contributed by atoms with Crippen molar-refractivity contribution in [2.75, 3.05) is 18.4 Å². The summed E-state index contributed by atoms with van der Waals surface area (Å²) in [6.07, 6.45) is 2.40. The van der Waals surface area contributed by atoms with Gasteiger partial charge in [-0.3, -0.25) is 4.79 Å². The molecular formula is C15H21FN2O. The van der Waals surface area contributed by atoms with Crippen molar-refractivity contribution in [1.29, 1.82) is 0 Å². The van der Waals surface area contributed by atoms with E-state index in [0.29, 0.717) is 5.69 Å². The number of nitrogens with one attached hydrogen (secondary N) is 2. The minimum Gasteiger partial charge on any atom is -0.323 e. The average molecular weight is 264 g/mol. The van der Waals surface area contributed by atoms with E-state index < -0.39 is 0 Å². The molecule has 3 nitrogen and oxygen atoms in total. The lowest BCUT2D eigenvalue weighted by Gasteiger charge is -2.35. The summed E-state index contributed by atoms with van der Waals surface area (Å²) in [6, 6.07) is 4.84. The predicted molar refractivity (Wildman–Crippen MR) is 74.6 cm³/mol. The zero-order valence-electron chi connectivity index (χ0n) is 11.6. The number of carbonyl (C=O) groups excluding carboxylic acids is 1. The molecule has 1 saturated heterocycles. The van der Waals surface area contributed by atoms with E-state index in [1.807, 2.05) is 6.92 Å². The number of para-hydroxylation sites is 1. The van der Waals surface area contributed by atoms with Gasteiger partial charge in [-0.2, -0.15) is 0 Å². The van der Waals surface area contributed by atoms with Crippen LogP contribution in [0.25, 0.3) is 0 Å². The molecule has 0 atom stereocenters. The molecule has 0 spiro atoms. The van der Waals surface area contributed by atoms with Crippen LogP contribution in [0.2, 0.25) is 0 Å². The van der Waals surface area contributed by atoms with Crippen molar-refractivity contribution in [2.24, 2.45) is 5.41 Å². The highest BCUT2D eigenvalue weighted by molar-refractivity contribution is 5.96. The van der Waals surface area contributed by atoms with E-state index in [-0.39, 0.29) is 17.1 Å². The number of benzene rings is 1. The smallest absolute Gasteiger partial charge is 0.230 e. The second kappa shape index (κ2) is 5.70. The SMILES string of the molecule is CCC1(C(=O)Nc2c(C)cccc2F)CCNCC1. The van der Waals surface area contributed by atoms with E-state index in [1.165, 1.54) is 6.07 Å². The van der Waals surface area contributed by atoms with Crippen molar-refractivity contribution in [3.05, 3.63) is 29.6 Å². The molecule has 104 valence electrons. The standard InChI is InChI=1S/C15H21FN2O/c1-3-15(7-9-17-10-8-15)14(19)18-13-11(2)5-4-6-12(13)16/h4-6,17H,3,7-10H2,1-2H3,(H,18,19). The van der Waals surface area contributed by atoms with Crippen molar-refractivity contribution in [2.45, 2.75) is 33.1 Å². The van der Waals surface area contributed by atoms with Crippen LogP contribution in [0.4, 0.5) is 10.1 Å². The van der Waals surface area contributed by atoms with Crippen LogP contribution in [-0.2, 0) is 4.79 Å². The van der Waals surface area contributed by atoms with Gasteiger partial charge in [-0.1, -0.05) is 19.1 Å². The summed E-state index contributed by atoms with van der Waals surface area (Å²) in [5.74, 6) is -0.418. The third-order valence-electron chi connectivity index (χ3n) is 4.18. The van der Waals surface area contributed by atoms with Gasteiger partial charge >= 0.3 is 0 Å². The Balaban J connectivity index is 2.20. The monoisotopic (exact) mass is 264 g/mol. The number of amides is 1. The fraction of sp³-hybridized carbons (Fsp3) is 0.533. The Hall–Kier alpha value is -1.42. The van der Waals surface area contributed by atoms with Crippen LogP contribution >= 0.6 is 0 Å². The molecular weight excluding hydrogens is 243 g/mol. The third-order valence-corrected chi connectivity index (χ3v) is 4.18. The fourth-order valence-electron chi connectivity index (χ4n) is 2.68. The Kier molecular flexibility index (Phi) is 4.20. The maximum absolute atomic E-state index is 13.8. The summed E-state index contributed by atoms with van der Waals surface area (Å²) in [6.45, 7) is 5.52. The molecule has 1 amide bonds. The Morgan fingerprint density at radius 1 is 1.42 bits per heavy atom. The van der Waals surface area contributed by atoms with Gasteiger partial charge < -0.3 is 10.6 Å². The van der Waals surface area contributed by atoms with Crippen molar-refractivity contribution in [1.82, 2.24) is 5.32 Å². The highest BCUT2D eigenvalue weighted by Gasteiger charge is 2.38. The van der Waals surface area contributed by atoms with Crippen molar-refractivity contribution >= 4 is 11.6 Å². The molecule has 1 heterocycles. The first-order chi connectivity index (χ1) is 9.09. The second-order valence-electron chi connectivity index (χ2n) is 5.27. The number of piperidine rings is 1. The van der Waals surface area contributed by atoms with Crippen LogP contribution in [0.3, 0.4) is 0 Å². The molecule has 0 saturated carbocycles. The Morgan fingerprint density at radius 2 is 2.11 bits per heavy atom. The molecule has 19 heavy (non-hydrogen) atoms. The largest absolute Gasteiger partial charge is 0.323 e. The summed E-state index contributed by atoms with van der Waals surface area (Å²) in [5, 5.41) is 6.06. The molecule has 2 N–H and O–H groups in total. The first-order valence-electron chi connectivity index (χ1n) is 6.86. The summed E-state index contributed by atoms with van der Waals surface area (Å²) < 4.78 is 13.8. The average Bonchev–Trinajstić information content (AvgIpc) is 2.43. The van der Waals surface area contributed by atoms with Gasteiger partial charge in [-0.25, -0.2) is 4.39 Å². The molecule has 0 bridgehead atoms. The molecule has 0 aromatic heterocycles. The summed E-state index contributed by atoms with van der Waals surface area (Å²) in [5.41, 5.74) is 0.715. The van der Waals surface area contributed by atoms with E-state index >= 15 is 0 Å². The van der Waals surface area contributed by atoms with Crippen molar-refractivity contribution in [3.63, 3.8) is 0 Å². The number of hydrogen-bond donors (Lipinski definition) is 2. The van der Waals surface area contributed by atoms with Crippen LogP contribution in [0, 0.1) is 18.2 Å². The zero-order valence-corrected chi connectivity index (χ0v) is 11.6. The lowest BCUT2D eigenvalue weighted by molar-refractivity contribution is -0.127. The molecule has 1 fully saturated rings. The number of hydrogen-bond acceptors (Lipinski definition) is 2. The summed E-state index contributed by atoms with van der Waals surface area (Å²) in [7, 11) is 0. The van der Waals surface area contributed by atoms with Crippen LogP contribution < -0.4 is 10.6 Å². The third kappa shape index (κ3) is 2.78. The Labute approximate surface area is 113 Å². The normalized spacial score (nSPS) is 18.1. The van der Waals surface area contributed by atoms with Gasteiger partial charge in [0.2, 0.25) is 5.91 Å². The highest BCUT2D eigenvalue weighted by atomic mass is 19.1. The number of carbonyl (C=O) groups is 1. The second-order valence-corrected chi connectivity index (χ2v) is 5.27. The van der Waals surface area contributed by atoms with Gasteiger partial charge in [0, 0.05) is 0 Å². The van der Waals surface area contributed by atoms with Gasteiger partial charge in [-0.05, 0) is 50.9 Å². The molecule has 2 rings (SSSR count). The van der Waals surface area contributed by atoms with E-state index in [4.69, 9.17) is 0 Å². The summed E-state index contributed by atoms with van der Waals surface area (Å²) >= 11 is 0. The Morgan fingerprint density at radius 3 is 2.68 bits per heavy atom. The lowest BCUT2D eigenvalue weighted by atomic mass is 9.76. The molecule has 1 aromatic rings. The van der Waals surface area contributed by atoms with E-state index in [2.05, 4.69) is 10.6 Å². The molecule has 0 radical (unpaired) electrons. The van der Waals surface area contributed by atoms with Gasteiger partial charge in [0.15, 0.2) is 0 Å². The lowest BCUT2D eigenvalue weighted by Crippen LogP contribution is -2.44. The topological polar surface area (TPSA) is 41.1 Å². The van der Waals surface area contributed by atoms with Crippen LogP contribution in [0.5, 0.6) is 0 Å². The highest BCUT2D eigenvalue weighted by Crippen LogP contribution is 2.34. The van der Waals surface area contributed by atoms with Gasteiger partial charge in [-0.15, -0.1) is 0 Å². The quantitative estimate of drug-likeness (QED) is 0.881. The fourth-order valence-corrected chi connectivity index (χ4v) is 2.68. The molecule has 1 aliphatic rings. The van der Waals surface area contributed by atoms with Gasteiger partial charge in [0.1, 0.15) is 5.82 Å². The number of rotatable bonds is 3. The van der Waals surface area contributed by atoms with Crippen LogP contribution in [0.1, 0.15) is 31.7 Å². The Bertz CT molecular complexity index is 447. The summed E-state index contributed by atoms with van der Waals surface area (Å²) in [4.78, 5) is 12.5. The van der Waals surface area contributed by atoms with E-state index in [0.717, 1.165) is 37.9 Å². The number of anilines is 1. The van der Waals surface area contributed by atoms with Gasteiger partial charge in [0.05, 0.1) is 11.1 Å². The maximum atomic E-state index is 13.8. The first kappa shape index (κ1) is 14.0. The van der Waals surface area contributed by atoms with Crippen LogP contribution in [-0.4, -0.2) is 19.0 Å². The number of halogens is 1. The molecule has 0 aliphatic carbocycles. The van der Waals surface area contributed by atoms with E-state index in [1.54, 1.807) is 19.1 Å². The van der Waals surface area contributed by atoms with Crippen molar-refractivity contribution in [3.8, 4) is 0 Å². The van der Waals surface area contributed by atoms with Crippen LogP contribution in [0.15, 0.2) is 18.2 Å². The first-order valence-corrected chi connectivity index (χ1v) is 6.86. The minimum absolute atomic E-state index is 0.0512.